The van der Waals surface area contributed by atoms with Gasteiger partial charge in [-0.05, 0) is 17.7 Å². The van der Waals surface area contributed by atoms with Crippen LogP contribution in [0.2, 0.25) is 0 Å². The van der Waals surface area contributed by atoms with Crippen molar-refractivity contribution in [3.05, 3.63) is 77.1 Å². The van der Waals surface area contributed by atoms with Gasteiger partial charge in [-0.25, -0.2) is 4.98 Å². The average molecular weight is 409 g/mol. The van der Waals surface area contributed by atoms with E-state index in [0.717, 1.165) is 45.2 Å². The van der Waals surface area contributed by atoms with E-state index in [-0.39, 0.29) is 0 Å². The van der Waals surface area contributed by atoms with Crippen LogP contribution in [0.4, 0.5) is 0 Å². The van der Waals surface area contributed by atoms with Crippen LogP contribution in [0.3, 0.4) is 0 Å². The second-order valence-electron chi connectivity index (χ2n) is 6.28. The predicted molar refractivity (Wildman–Crippen MR) is 114 cm³/mol. The standard InChI is InChI=1S/C21H20N4OS2/c1-25-19(12-15-8-10-18(26-2)11-9-15)23-24-21(25)28-14-17-13-27-20(22-17)16-6-4-3-5-7-16/h3-11,13H,12,14H2,1-2H3. The monoisotopic (exact) mass is 408 g/mol. The van der Waals surface area contributed by atoms with Crippen LogP contribution < -0.4 is 4.74 Å². The van der Waals surface area contributed by atoms with Gasteiger partial charge in [0.05, 0.1) is 12.8 Å². The van der Waals surface area contributed by atoms with Crippen molar-refractivity contribution in [1.29, 1.82) is 0 Å². The third-order valence-electron chi connectivity index (χ3n) is 4.37. The number of thiazole rings is 1. The SMILES string of the molecule is COc1ccc(Cc2nnc(SCc3csc(-c4ccccc4)n3)n2C)cc1. The summed E-state index contributed by atoms with van der Waals surface area (Å²) >= 11 is 3.33. The number of hydrogen-bond donors (Lipinski definition) is 0. The summed E-state index contributed by atoms with van der Waals surface area (Å²) in [7, 11) is 3.68. The van der Waals surface area contributed by atoms with Crippen molar-refractivity contribution in [2.75, 3.05) is 7.11 Å². The first-order valence-corrected chi connectivity index (χ1v) is 10.7. The van der Waals surface area contributed by atoms with Gasteiger partial charge in [0, 0.05) is 30.2 Å². The van der Waals surface area contributed by atoms with Crippen molar-refractivity contribution in [2.45, 2.75) is 17.3 Å². The van der Waals surface area contributed by atoms with Gasteiger partial charge in [-0.15, -0.1) is 21.5 Å². The highest BCUT2D eigenvalue weighted by Gasteiger charge is 2.12. The maximum absolute atomic E-state index is 5.21. The number of aromatic nitrogens is 4. The zero-order valence-electron chi connectivity index (χ0n) is 15.7. The van der Waals surface area contributed by atoms with E-state index in [4.69, 9.17) is 9.72 Å². The van der Waals surface area contributed by atoms with E-state index in [9.17, 15) is 0 Å². The lowest BCUT2D eigenvalue weighted by molar-refractivity contribution is 0.414. The quantitative estimate of drug-likeness (QED) is 0.410. The average Bonchev–Trinajstić information content (AvgIpc) is 3.35. The predicted octanol–water partition coefficient (Wildman–Crippen LogP) is 4.83. The van der Waals surface area contributed by atoms with Gasteiger partial charge in [0.25, 0.3) is 0 Å². The summed E-state index contributed by atoms with van der Waals surface area (Å²) in [6.07, 6.45) is 0.739. The van der Waals surface area contributed by atoms with Gasteiger partial charge >= 0.3 is 0 Å². The van der Waals surface area contributed by atoms with E-state index in [1.165, 1.54) is 5.56 Å². The minimum absolute atomic E-state index is 0.739. The van der Waals surface area contributed by atoms with Crippen molar-refractivity contribution < 1.29 is 4.74 Å². The lowest BCUT2D eigenvalue weighted by Crippen LogP contribution is -2.00. The van der Waals surface area contributed by atoms with Crippen molar-refractivity contribution in [2.24, 2.45) is 7.05 Å². The number of methoxy groups -OCH3 is 1. The lowest BCUT2D eigenvalue weighted by atomic mass is 10.1. The minimum atomic E-state index is 0.739. The Morgan fingerprint density at radius 2 is 1.82 bits per heavy atom. The number of nitrogens with zero attached hydrogens (tertiary/aromatic N) is 4. The molecule has 0 aliphatic heterocycles. The number of hydrogen-bond acceptors (Lipinski definition) is 6. The third-order valence-corrected chi connectivity index (χ3v) is 6.36. The Bertz CT molecular complexity index is 1040. The molecule has 0 N–H and O–H groups in total. The Morgan fingerprint density at radius 3 is 2.57 bits per heavy atom. The maximum atomic E-state index is 5.21. The fourth-order valence-corrected chi connectivity index (χ4v) is 4.53. The molecule has 28 heavy (non-hydrogen) atoms. The highest BCUT2D eigenvalue weighted by molar-refractivity contribution is 7.98. The molecule has 4 rings (SSSR count). The van der Waals surface area contributed by atoms with Gasteiger partial charge in [-0.2, -0.15) is 0 Å². The first kappa shape index (κ1) is 18.7. The largest absolute Gasteiger partial charge is 0.497 e. The van der Waals surface area contributed by atoms with E-state index >= 15 is 0 Å². The Labute approximate surface area is 172 Å². The van der Waals surface area contributed by atoms with E-state index in [0.29, 0.717) is 0 Å². The number of benzene rings is 2. The van der Waals surface area contributed by atoms with Crippen molar-refractivity contribution in [1.82, 2.24) is 19.7 Å². The summed E-state index contributed by atoms with van der Waals surface area (Å²) in [5.41, 5.74) is 3.40. The second-order valence-corrected chi connectivity index (χ2v) is 8.08. The fraction of sp³-hybridized carbons (Fsp3) is 0.190. The van der Waals surface area contributed by atoms with Crippen LogP contribution in [0.5, 0.6) is 5.75 Å². The molecule has 0 unspecified atom stereocenters. The summed E-state index contributed by atoms with van der Waals surface area (Å²) in [6, 6.07) is 18.3. The van der Waals surface area contributed by atoms with Gasteiger partial charge in [-0.3, -0.25) is 0 Å². The Morgan fingerprint density at radius 1 is 1.04 bits per heavy atom. The molecule has 142 valence electrons. The molecular formula is C21H20N4OS2. The molecule has 0 spiro atoms. The van der Waals surface area contributed by atoms with Crippen LogP contribution in [0, 0.1) is 0 Å². The van der Waals surface area contributed by atoms with Gasteiger partial charge in [0.1, 0.15) is 16.6 Å². The molecule has 2 aromatic heterocycles. The highest BCUT2D eigenvalue weighted by atomic mass is 32.2. The number of thioether (sulfide) groups is 1. The fourth-order valence-electron chi connectivity index (χ4n) is 2.78. The molecule has 0 saturated heterocycles. The van der Waals surface area contributed by atoms with Crippen LogP contribution in [-0.2, 0) is 19.2 Å². The molecular weight excluding hydrogens is 388 g/mol. The van der Waals surface area contributed by atoms with Crippen LogP contribution in [0.25, 0.3) is 10.6 Å². The van der Waals surface area contributed by atoms with E-state index in [1.54, 1.807) is 30.2 Å². The molecule has 0 aliphatic rings. The van der Waals surface area contributed by atoms with E-state index in [1.807, 2.05) is 37.4 Å². The Kier molecular flexibility index (Phi) is 5.73. The number of rotatable bonds is 7. The first-order chi connectivity index (χ1) is 13.7. The van der Waals surface area contributed by atoms with Crippen molar-refractivity contribution in [3.8, 4) is 16.3 Å². The summed E-state index contributed by atoms with van der Waals surface area (Å²) < 4.78 is 7.26. The third kappa shape index (κ3) is 4.26. The molecule has 0 amide bonds. The summed E-state index contributed by atoms with van der Waals surface area (Å²) in [6.45, 7) is 0. The topological polar surface area (TPSA) is 52.8 Å². The molecule has 0 radical (unpaired) electrons. The summed E-state index contributed by atoms with van der Waals surface area (Å²) in [5.74, 6) is 2.57. The molecule has 4 aromatic rings. The van der Waals surface area contributed by atoms with Crippen LogP contribution in [0.15, 0.2) is 65.1 Å². The maximum Gasteiger partial charge on any atom is 0.191 e. The highest BCUT2D eigenvalue weighted by Crippen LogP contribution is 2.27. The normalized spacial score (nSPS) is 10.9. The summed E-state index contributed by atoms with van der Waals surface area (Å²) in [5, 5.41) is 12.8. The molecule has 5 nitrogen and oxygen atoms in total. The molecule has 0 saturated carbocycles. The Hall–Kier alpha value is -2.64. The first-order valence-electron chi connectivity index (χ1n) is 8.87. The van der Waals surface area contributed by atoms with Crippen LogP contribution >= 0.6 is 23.1 Å². The zero-order valence-corrected chi connectivity index (χ0v) is 17.3. The van der Waals surface area contributed by atoms with E-state index in [2.05, 4.69) is 44.4 Å². The van der Waals surface area contributed by atoms with Crippen LogP contribution in [-0.4, -0.2) is 26.9 Å². The van der Waals surface area contributed by atoms with Crippen molar-refractivity contribution >= 4 is 23.1 Å². The zero-order chi connectivity index (χ0) is 19.3. The second kappa shape index (κ2) is 8.58. The smallest absolute Gasteiger partial charge is 0.191 e. The van der Waals surface area contributed by atoms with Gasteiger partial charge in [-0.1, -0.05) is 54.2 Å². The van der Waals surface area contributed by atoms with Crippen molar-refractivity contribution in [3.63, 3.8) is 0 Å². The van der Waals surface area contributed by atoms with E-state index < -0.39 is 0 Å². The molecule has 0 fully saturated rings. The lowest BCUT2D eigenvalue weighted by Gasteiger charge is -2.05. The molecule has 0 aliphatic carbocycles. The number of ether oxygens (including phenoxy) is 1. The molecule has 2 heterocycles. The van der Waals surface area contributed by atoms with Gasteiger partial charge < -0.3 is 9.30 Å². The summed E-state index contributed by atoms with van der Waals surface area (Å²) in [4.78, 5) is 4.74. The van der Waals surface area contributed by atoms with Gasteiger partial charge in [0.15, 0.2) is 5.16 Å². The molecule has 0 bridgehead atoms. The minimum Gasteiger partial charge on any atom is -0.497 e. The molecule has 0 atom stereocenters. The van der Waals surface area contributed by atoms with Crippen LogP contribution in [0.1, 0.15) is 17.1 Å². The molecule has 2 aromatic carbocycles. The Balaban J connectivity index is 1.40. The molecule has 7 heteroatoms. The van der Waals surface area contributed by atoms with Gasteiger partial charge in [0.2, 0.25) is 0 Å².